The molecule has 3 atom stereocenters. The minimum atomic E-state index is -1.60. The Balaban J connectivity index is 3.36. The Morgan fingerprint density at radius 1 is 1.30 bits per heavy atom. The third kappa shape index (κ3) is 4.22. The molecule has 0 saturated carbocycles. The van der Waals surface area contributed by atoms with Crippen LogP contribution in [0.3, 0.4) is 0 Å². The van der Waals surface area contributed by atoms with E-state index in [4.69, 9.17) is 19.5 Å². The van der Waals surface area contributed by atoms with E-state index in [1.165, 1.54) is 19.9 Å². The van der Waals surface area contributed by atoms with Crippen molar-refractivity contribution in [1.82, 2.24) is 5.32 Å². The van der Waals surface area contributed by atoms with Gasteiger partial charge in [0.25, 0.3) is 0 Å². The van der Waals surface area contributed by atoms with Crippen molar-refractivity contribution in [3.05, 3.63) is 11.8 Å². The smallest absolute Gasteiger partial charge is 0.316 e. The van der Waals surface area contributed by atoms with Gasteiger partial charge in [0, 0.05) is 6.92 Å². The van der Waals surface area contributed by atoms with Crippen molar-refractivity contribution in [2.24, 2.45) is 11.8 Å². The van der Waals surface area contributed by atoms with E-state index >= 15 is 0 Å². The molecule has 0 radical (unpaired) electrons. The zero-order chi connectivity index (χ0) is 17.6. The van der Waals surface area contributed by atoms with Crippen LogP contribution in [0.15, 0.2) is 11.8 Å². The molecule has 1 rings (SSSR count). The number of rotatable bonds is 5. The third-order valence-corrected chi connectivity index (χ3v) is 3.24. The lowest BCUT2D eigenvalue weighted by atomic mass is 9.81. The molecule has 23 heavy (non-hydrogen) atoms. The summed E-state index contributed by atoms with van der Waals surface area (Å²) in [6.07, 6.45) is 1.21. The number of carbonyl (C=O) groups is 3. The molecule has 0 fully saturated rings. The van der Waals surface area contributed by atoms with Gasteiger partial charge in [0.1, 0.15) is 12.0 Å². The van der Waals surface area contributed by atoms with Crippen LogP contribution in [0.25, 0.3) is 0 Å². The van der Waals surface area contributed by atoms with Gasteiger partial charge in [-0.1, -0.05) is 0 Å². The highest BCUT2D eigenvalue weighted by atomic mass is 16.6. The van der Waals surface area contributed by atoms with Gasteiger partial charge in [-0.15, -0.1) is 0 Å². The molecule has 8 heteroatoms. The van der Waals surface area contributed by atoms with Crippen molar-refractivity contribution in [3.8, 4) is 6.07 Å². The average molecular weight is 324 g/mol. The third-order valence-electron chi connectivity index (χ3n) is 3.24. The Bertz CT molecular complexity index is 565. The SMILES string of the molecule is CCOC(=O)[C@@H]1[C@H](C(=O)OCC)C=C(C#N)O[C@@]1(C)NC(C)=O. The molecule has 1 aliphatic heterocycles. The van der Waals surface area contributed by atoms with Crippen molar-refractivity contribution >= 4 is 17.8 Å². The number of nitriles is 1. The second-order valence-electron chi connectivity index (χ2n) is 5.04. The zero-order valence-electron chi connectivity index (χ0n) is 13.5. The van der Waals surface area contributed by atoms with Crippen LogP contribution in [0.5, 0.6) is 0 Å². The zero-order valence-corrected chi connectivity index (χ0v) is 13.5. The Kier molecular flexibility index (Phi) is 6.13. The molecule has 0 spiro atoms. The minimum absolute atomic E-state index is 0.0931. The molecule has 0 aliphatic carbocycles. The number of hydrogen-bond donors (Lipinski definition) is 1. The molecule has 0 aromatic heterocycles. The molecular formula is C15H20N2O6. The standard InChI is InChI=1S/C15H20N2O6/c1-5-21-13(19)11-7-10(8-16)23-15(4,17-9(3)18)12(11)14(20)22-6-2/h7,11-12H,5-6H2,1-4H3,(H,17,18)/t11-,12+,15-/m1/s1. The number of esters is 2. The van der Waals surface area contributed by atoms with E-state index in [1.807, 2.05) is 0 Å². The largest absolute Gasteiger partial charge is 0.466 e. The van der Waals surface area contributed by atoms with Gasteiger partial charge in [0.2, 0.25) is 5.91 Å². The van der Waals surface area contributed by atoms with Crippen LogP contribution in [0.1, 0.15) is 27.7 Å². The quantitative estimate of drug-likeness (QED) is 0.738. The number of ether oxygens (including phenoxy) is 3. The first-order valence-electron chi connectivity index (χ1n) is 7.22. The van der Waals surface area contributed by atoms with Crippen LogP contribution in [0.2, 0.25) is 0 Å². The summed E-state index contributed by atoms with van der Waals surface area (Å²) in [6.45, 7) is 6.09. The lowest BCUT2D eigenvalue weighted by molar-refractivity contribution is -0.178. The van der Waals surface area contributed by atoms with Gasteiger partial charge in [-0.2, -0.15) is 5.26 Å². The second kappa shape index (κ2) is 7.63. The molecule has 0 bridgehead atoms. The van der Waals surface area contributed by atoms with Gasteiger partial charge < -0.3 is 19.5 Å². The molecule has 1 N–H and O–H groups in total. The van der Waals surface area contributed by atoms with Crippen LogP contribution in [0.4, 0.5) is 0 Å². The fourth-order valence-corrected chi connectivity index (χ4v) is 2.49. The Morgan fingerprint density at radius 2 is 1.87 bits per heavy atom. The number of allylic oxidation sites excluding steroid dienone is 1. The molecule has 8 nitrogen and oxygen atoms in total. The lowest BCUT2D eigenvalue weighted by Crippen LogP contribution is -2.60. The topological polar surface area (TPSA) is 115 Å². The normalized spacial score (nSPS) is 26.1. The van der Waals surface area contributed by atoms with Gasteiger partial charge in [0.15, 0.2) is 11.5 Å². The molecule has 126 valence electrons. The van der Waals surface area contributed by atoms with Gasteiger partial charge in [-0.25, -0.2) is 0 Å². The predicted molar refractivity (Wildman–Crippen MR) is 77.2 cm³/mol. The molecule has 1 heterocycles. The number of carbonyl (C=O) groups excluding carboxylic acids is 3. The lowest BCUT2D eigenvalue weighted by Gasteiger charge is -2.41. The maximum absolute atomic E-state index is 12.3. The van der Waals surface area contributed by atoms with Crippen molar-refractivity contribution < 1.29 is 28.6 Å². The van der Waals surface area contributed by atoms with Gasteiger partial charge >= 0.3 is 11.9 Å². The van der Waals surface area contributed by atoms with E-state index in [2.05, 4.69) is 5.32 Å². The summed E-state index contributed by atoms with van der Waals surface area (Å²) in [4.78, 5) is 36.0. The van der Waals surface area contributed by atoms with E-state index in [-0.39, 0.29) is 19.0 Å². The first-order chi connectivity index (χ1) is 10.8. The van der Waals surface area contributed by atoms with E-state index in [0.717, 1.165) is 0 Å². The molecule has 1 amide bonds. The number of hydrogen-bond acceptors (Lipinski definition) is 7. The van der Waals surface area contributed by atoms with Crippen LogP contribution < -0.4 is 5.32 Å². The summed E-state index contributed by atoms with van der Waals surface area (Å²) in [7, 11) is 0. The monoisotopic (exact) mass is 324 g/mol. The highest BCUT2D eigenvalue weighted by Gasteiger charge is 2.53. The molecule has 0 unspecified atom stereocenters. The summed E-state index contributed by atoms with van der Waals surface area (Å²) >= 11 is 0. The van der Waals surface area contributed by atoms with Gasteiger partial charge in [0.05, 0.1) is 19.1 Å². The highest BCUT2D eigenvalue weighted by molar-refractivity contribution is 5.86. The Morgan fingerprint density at radius 3 is 2.35 bits per heavy atom. The Hall–Kier alpha value is -2.56. The van der Waals surface area contributed by atoms with Crippen LogP contribution in [0, 0.1) is 23.2 Å². The number of nitrogens with one attached hydrogen (secondary N) is 1. The molecule has 1 aliphatic rings. The molecule has 0 aromatic carbocycles. The maximum Gasteiger partial charge on any atom is 0.316 e. The van der Waals surface area contributed by atoms with Gasteiger partial charge in [-0.3, -0.25) is 14.4 Å². The first kappa shape index (κ1) is 18.5. The van der Waals surface area contributed by atoms with Crippen molar-refractivity contribution in [2.45, 2.75) is 33.4 Å². The summed E-state index contributed by atoms with van der Waals surface area (Å²) in [5, 5.41) is 11.6. The Labute approximate surface area is 134 Å². The van der Waals surface area contributed by atoms with Gasteiger partial charge in [-0.05, 0) is 26.8 Å². The first-order valence-corrected chi connectivity index (χ1v) is 7.22. The van der Waals surface area contributed by atoms with Crippen LogP contribution in [-0.4, -0.2) is 36.8 Å². The number of nitrogens with zero attached hydrogens (tertiary/aromatic N) is 1. The van der Waals surface area contributed by atoms with E-state index in [0.29, 0.717) is 0 Å². The van der Waals surface area contributed by atoms with Crippen molar-refractivity contribution in [2.75, 3.05) is 13.2 Å². The van der Waals surface area contributed by atoms with E-state index < -0.39 is 35.4 Å². The summed E-state index contributed by atoms with van der Waals surface area (Å²) < 4.78 is 15.4. The van der Waals surface area contributed by atoms with Crippen LogP contribution in [-0.2, 0) is 28.6 Å². The molecule has 0 saturated heterocycles. The van der Waals surface area contributed by atoms with E-state index in [9.17, 15) is 14.4 Å². The fourth-order valence-electron chi connectivity index (χ4n) is 2.49. The summed E-state index contributed by atoms with van der Waals surface area (Å²) in [6, 6.07) is 1.78. The summed E-state index contributed by atoms with van der Waals surface area (Å²) in [5.74, 6) is -4.37. The highest BCUT2D eigenvalue weighted by Crippen LogP contribution is 2.36. The molecular weight excluding hydrogens is 304 g/mol. The minimum Gasteiger partial charge on any atom is -0.466 e. The average Bonchev–Trinajstić information content (AvgIpc) is 2.45. The second-order valence-corrected chi connectivity index (χ2v) is 5.04. The van der Waals surface area contributed by atoms with E-state index in [1.54, 1.807) is 19.9 Å². The maximum atomic E-state index is 12.3. The fraction of sp³-hybridized carbons (Fsp3) is 0.600. The molecule has 0 aromatic rings. The summed E-state index contributed by atoms with van der Waals surface area (Å²) in [5.41, 5.74) is -1.60. The van der Waals surface area contributed by atoms with Crippen LogP contribution >= 0.6 is 0 Å². The predicted octanol–water partition coefficient (Wildman–Crippen LogP) is 0.635. The van der Waals surface area contributed by atoms with Crippen molar-refractivity contribution in [1.29, 1.82) is 5.26 Å². The van der Waals surface area contributed by atoms with Crippen molar-refractivity contribution in [3.63, 3.8) is 0 Å². The number of amides is 1.